The van der Waals surface area contributed by atoms with Crippen molar-refractivity contribution in [1.82, 2.24) is 9.78 Å². The number of ether oxygens (including phenoxy) is 1. The minimum atomic E-state index is -0.366. The van der Waals surface area contributed by atoms with E-state index in [1.54, 1.807) is 19.2 Å². The van der Waals surface area contributed by atoms with Gasteiger partial charge in [0.2, 0.25) is 0 Å². The maximum atomic E-state index is 13.9. The van der Waals surface area contributed by atoms with Crippen molar-refractivity contribution in [3.05, 3.63) is 77.1 Å². The average molecular weight is 382 g/mol. The van der Waals surface area contributed by atoms with Crippen LogP contribution in [0.4, 0.5) is 10.1 Å². The number of halogens is 2. The highest BCUT2D eigenvalue weighted by Crippen LogP contribution is 2.37. The first-order chi connectivity index (χ1) is 13.1. The fourth-order valence-corrected chi connectivity index (χ4v) is 3.39. The molecule has 0 fully saturated rings. The van der Waals surface area contributed by atoms with Gasteiger partial charge in [-0.05, 0) is 48.0 Å². The maximum Gasteiger partial charge on any atom is 0.123 e. The monoisotopic (exact) mass is 381 g/mol. The summed E-state index contributed by atoms with van der Waals surface area (Å²) in [6.45, 7) is 0.486. The Morgan fingerprint density at radius 1 is 1.11 bits per heavy atom. The number of anilines is 1. The number of methoxy groups -OCH3 is 1. The van der Waals surface area contributed by atoms with Crippen molar-refractivity contribution in [3.8, 4) is 17.0 Å². The van der Waals surface area contributed by atoms with Gasteiger partial charge in [-0.15, -0.1) is 0 Å². The zero-order valence-electron chi connectivity index (χ0n) is 14.6. The third-order valence-corrected chi connectivity index (χ3v) is 4.80. The Bertz CT molecular complexity index is 1120. The third-order valence-electron chi connectivity index (χ3n) is 4.47. The van der Waals surface area contributed by atoms with Gasteiger partial charge in [-0.25, -0.2) is 4.39 Å². The minimum absolute atomic E-state index is 0.366. The lowest BCUT2D eigenvalue weighted by Gasteiger charge is -2.11. The summed E-state index contributed by atoms with van der Waals surface area (Å²) in [7, 11) is 1.63. The molecule has 0 aliphatic heterocycles. The molecule has 1 aromatic heterocycles. The summed E-state index contributed by atoms with van der Waals surface area (Å²) in [6.07, 6.45) is 0. The lowest BCUT2D eigenvalue weighted by atomic mass is 10.1. The van der Waals surface area contributed by atoms with Crippen LogP contribution < -0.4 is 10.5 Å². The van der Waals surface area contributed by atoms with Gasteiger partial charge in [0.25, 0.3) is 0 Å². The second-order valence-corrected chi connectivity index (χ2v) is 6.63. The fourth-order valence-electron chi connectivity index (χ4n) is 3.18. The Morgan fingerprint density at radius 3 is 2.63 bits per heavy atom. The van der Waals surface area contributed by atoms with Gasteiger partial charge in [0.05, 0.1) is 35.3 Å². The van der Waals surface area contributed by atoms with Gasteiger partial charge in [0, 0.05) is 11.3 Å². The molecule has 0 bridgehead atoms. The van der Waals surface area contributed by atoms with E-state index in [2.05, 4.69) is 5.10 Å². The quantitative estimate of drug-likeness (QED) is 0.498. The summed E-state index contributed by atoms with van der Waals surface area (Å²) in [6, 6.07) is 17.5. The number of fused-ring (bicyclic) bond motifs is 1. The first-order valence-electron chi connectivity index (χ1n) is 8.40. The molecule has 1 heterocycles. The molecule has 2 N–H and O–H groups in total. The number of nitrogen functional groups attached to an aromatic ring is 1. The molecular weight excluding hydrogens is 365 g/mol. The molecular formula is C21H17ClFN3O. The van der Waals surface area contributed by atoms with E-state index in [1.165, 1.54) is 12.1 Å². The Labute approximate surface area is 160 Å². The zero-order chi connectivity index (χ0) is 19.0. The summed E-state index contributed by atoms with van der Waals surface area (Å²) < 4.78 is 21.0. The zero-order valence-corrected chi connectivity index (χ0v) is 15.4. The number of aromatic nitrogens is 2. The number of benzene rings is 3. The normalized spacial score (nSPS) is 11.1. The molecule has 0 aliphatic rings. The van der Waals surface area contributed by atoms with Gasteiger partial charge in [0.1, 0.15) is 11.6 Å². The van der Waals surface area contributed by atoms with E-state index < -0.39 is 0 Å². The van der Waals surface area contributed by atoms with Crippen molar-refractivity contribution >= 4 is 28.2 Å². The Morgan fingerprint density at radius 2 is 1.89 bits per heavy atom. The van der Waals surface area contributed by atoms with Crippen LogP contribution in [0.5, 0.6) is 5.75 Å². The summed E-state index contributed by atoms with van der Waals surface area (Å²) in [5.41, 5.74) is 9.81. The van der Waals surface area contributed by atoms with Crippen molar-refractivity contribution in [2.45, 2.75) is 6.54 Å². The van der Waals surface area contributed by atoms with Gasteiger partial charge in [-0.2, -0.15) is 5.10 Å². The van der Waals surface area contributed by atoms with Gasteiger partial charge in [-0.1, -0.05) is 29.8 Å². The van der Waals surface area contributed by atoms with Crippen molar-refractivity contribution < 1.29 is 9.13 Å². The van der Waals surface area contributed by atoms with Crippen LogP contribution in [-0.4, -0.2) is 16.9 Å². The van der Waals surface area contributed by atoms with Crippen LogP contribution in [0.25, 0.3) is 22.2 Å². The van der Waals surface area contributed by atoms with Crippen LogP contribution in [0.3, 0.4) is 0 Å². The Hall–Kier alpha value is -3.05. The second kappa shape index (κ2) is 6.93. The molecule has 0 saturated carbocycles. The highest BCUT2D eigenvalue weighted by atomic mass is 35.5. The molecule has 136 valence electrons. The first-order valence-corrected chi connectivity index (χ1v) is 8.78. The third kappa shape index (κ3) is 3.22. The van der Waals surface area contributed by atoms with Crippen LogP contribution in [-0.2, 0) is 6.54 Å². The van der Waals surface area contributed by atoms with E-state index in [0.29, 0.717) is 28.5 Å². The van der Waals surface area contributed by atoms with E-state index in [1.807, 2.05) is 41.1 Å². The second-order valence-electron chi connectivity index (χ2n) is 6.22. The van der Waals surface area contributed by atoms with E-state index in [-0.39, 0.29) is 5.82 Å². The number of nitrogens with two attached hydrogens (primary N) is 1. The molecule has 0 atom stereocenters. The molecule has 0 aliphatic carbocycles. The number of hydrogen-bond donors (Lipinski definition) is 1. The SMILES string of the molecule is COc1ccc(Cn2nc3cccc(N)c3c2-c2cc(F)ccc2Cl)cc1. The standard InChI is InChI=1S/C21H17ClFN3O/c1-27-15-8-5-13(6-9-15)12-26-21(16-11-14(23)7-10-17(16)22)20-18(24)3-2-4-19(20)25-26/h2-11H,12,24H2,1H3. The van der Waals surface area contributed by atoms with Crippen LogP contribution in [0.1, 0.15) is 5.56 Å². The Kier molecular flexibility index (Phi) is 4.46. The number of nitrogens with zero attached hydrogens (tertiary/aromatic N) is 2. The van der Waals surface area contributed by atoms with E-state index >= 15 is 0 Å². The van der Waals surface area contributed by atoms with Crippen molar-refractivity contribution in [3.63, 3.8) is 0 Å². The summed E-state index contributed by atoms with van der Waals surface area (Å²) in [5, 5.41) is 5.89. The molecule has 3 aromatic carbocycles. The van der Waals surface area contributed by atoms with Crippen LogP contribution >= 0.6 is 11.6 Å². The highest BCUT2D eigenvalue weighted by molar-refractivity contribution is 6.33. The smallest absolute Gasteiger partial charge is 0.123 e. The summed E-state index contributed by atoms with van der Waals surface area (Å²) >= 11 is 6.39. The minimum Gasteiger partial charge on any atom is -0.497 e. The van der Waals surface area contributed by atoms with Crippen LogP contribution in [0.2, 0.25) is 5.02 Å². The van der Waals surface area contributed by atoms with Gasteiger partial charge >= 0.3 is 0 Å². The topological polar surface area (TPSA) is 53.1 Å². The lowest BCUT2D eigenvalue weighted by Crippen LogP contribution is -2.04. The average Bonchev–Trinajstić information content (AvgIpc) is 3.03. The first kappa shape index (κ1) is 17.4. The molecule has 0 saturated heterocycles. The molecule has 4 nitrogen and oxygen atoms in total. The highest BCUT2D eigenvalue weighted by Gasteiger charge is 2.18. The molecule has 0 radical (unpaired) electrons. The molecule has 0 unspecified atom stereocenters. The van der Waals surface area contributed by atoms with E-state index in [9.17, 15) is 4.39 Å². The molecule has 0 spiro atoms. The largest absolute Gasteiger partial charge is 0.497 e. The predicted octanol–water partition coefficient (Wildman–Crippen LogP) is 5.13. The molecule has 27 heavy (non-hydrogen) atoms. The fraction of sp³-hybridized carbons (Fsp3) is 0.0952. The van der Waals surface area contributed by atoms with Crippen molar-refractivity contribution in [1.29, 1.82) is 0 Å². The number of hydrogen-bond acceptors (Lipinski definition) is 3. The summed E-state index contributed by atoms with van der Waals surface area (Å²) in [4.78, 5) is 0. The van der Waals surface area contributed by atoms with Crippen molar-refractivity contribution in [2.24, 2.45) is 0 Å². The predicted molar refractivity (Wildman–Crippen MR) is 107 cm³/mol. The van der Waals surface area contributed by atoms with Crippen LogP contribution in [0.15, 0.2) is 60.7 Å². The molecule has 0 amide bonds. The summed E-state index contributed by atoms with van der Waals surface area (Å²) in [5.74, 6) is 0.413. The molecule has 4 aromatic rings. The van der Waals surface area contributed by atoms with E-state index in [4.69, 9.17) is 22.1 Å². The Balaban J connectivity index is 1.92. The maximum absolute atomic E-state index is 13.9. The van der Waals surface area contributed by atoms with Crippen LogP contribution in [0, 0.1) is 5.82 Å². The van der Waals surface area contributed by atoms with E-state index in [0.717, 1.165) is 22.2 Å². The molecule has 6 heteroatoms. The van der Waals surface area contributed by atoms with Gasteiger partial charge in [-0.3, -0.25) is 4.68 Å². The van der Waals surface area contributed by atoms with Crippen molar-refractivity contribution in [2.75, 3.05) is 12.8 Å². The van der Waals surface area contributed by atoms with Gasteiger partial charge in [0.15, 0.2) is 0 Å². The number of rotatable bonds is 4. The lowest BCUT2D eigenvalue weighted by molar-refractivity contribution is 0.414. The molecule has 4 rings (SSSR count). The van der Waals surface area contributed by atoms with Gasteiger partial charge < -0.3 is 10.5 Å².